The number of aryl methyl sites for hydroxylation is 2. The van der Waals surface area contributed by atoms with Crippen molar-refractivity contribution in [3.05, 3.63) is 27.2 Å². The second kappa shape index (κ2) is 4.71. The van der Waals surface area contributed by atoms with Gasteiger partial charge in [-0.3, -0.25) is 18.7 Å². The molecule has 8 nitrogen and oxygen atoms in total. The number of carbonyl (C=O) groups excluding carboxylic acids is 1. The van der Waals surface area contributed by atoms with Crippen LogP contribution < -0.4 is 16.6 Å². The molecule has 0 saturated carbocycles. The molecule has 8 heteroatoms. The normalized spacial score (nSPS) is 10.9. The maximum absolute atomic E-state index is 12.2. The Morgan fingerprint density at radius 1 is 1.37 bits per heavy atom. The number of nitrogens with one attached hydrogen (secondary N) is 1. The van der Waals surface area contributed by atoms with Crippen molar-refractivity contribution >= 4 is 17.1 Å². The van der Waals surface area contributed by atoms with E-state index in [1.165, 1.54) is 17.8 Å². The molecule has 1 N–H and O–H groups in total. The first-order valence-corrected chi connectivity index (χ1v) is 5.78. The van der Waals surface area contributed by atoms with E-state index < -0.39 is 11.2 Å². The van der Waals surface area contributed by atoms with Crippen LogP contribution in [0.3, 0.4) is 0 Å². The van der Waals surface area contributed by atoms with Gasteiger partial charge in [0.15, 0.2) is 11.2 Å². The van der Waals surface area contributed by atoms with Gasteiger partial charge in [0, 0.05) is 34.1 Å². The molecule has 2 rings (SSSR count). The number of fused-ring (bicyclic) bond motifs is 1. The number of rotatable bonds is 3. The van der Waals surface area contributed by atoms with E-state index in [-0.39, 0.29) is 19.0 Å². The average molecular weight is 265 g/mol. The first kappa shape index (κ1) is 13.1. The Kier molecular flexibility index (Phi) is 3.24. The van der Waals surface area contributed by atoms with Crippen molar-refractivity contribution < 1.29 is 4.79 Å². The van der Waals surface area contributed by atoms with Crippen LogP contribution in [-0.4, -0.2) is 31.1 Å². The van der Waals surface area contributed by atoms with Crippen molar-refractivity contribution in [2.45, 2.75) is 13.5 Å². The third kappa shape index (κ3) is 2.16. The average Bonchev–Trinajstić information content (AvgIpc) is 2.73. The SMILES string of the molecule is CC(=O)NCCn1c(=O)c2c(ncn2C)n(C)c1=O. The molecule has 102 valence electrons. The van der Waals surface area contributed by atoms with Gasteiger partial charge < -0.3 is 9.88 Å². The molecular weight excluding hydrogens is 250 g/mol. The van der Waals surface area contributed by atoms with Crippen LogP contribution in [0.5, 0.6) is 0 Å². The van der Waals surface area contributed by atoms with Crippen LogP contribution in [0.4, 0.5) is 0 Å². The van der Waals surface area contributed by atoms with Crippen LogP contribution in [0.25, 0.3) is 11.2 Å². The van der Waals surface area contributed by atoms with Gasteiger partial charge in [0.05, 0.1) is 6.33 Å². The molecule has 0 spiro atoms. The number of amides is 1. The minimum atomic E-state index is -0.443. The highest BCUT2D eigenvalue weighted by Gasteiger charge is 2.14. The molecule has 0 aliphatic heterocycles. The van der Waals surface area contributed by atoms with Gasteiger partial charge in [-0.1, -0.05) is 0 Å². The molecule has 0 fully saturated rings. The van der Waals surface area contributed by atoms with E-state index >= 15 is 0 Å². The minimum Gasteiger partial charge on any atom is -0.355 e. The topological polar surface area (TPSA) is 90.9 Å². The Morgan fingerprint density at radius 2 is 2.05 bits per heavy atom. The summed E-state index contributed by atoms with van der Waals surface area (Å²) in [6.07, 6.45) is 1.49. The van der Waals surface area contributed by atoms with E-state index in [9.17, 15) is 14.4 Å². The van der Waals surface area contributed by atoms with Crippen LogP contribution >= 0.6 is 0 Å². The zero-order chi connectivity index (χ0) is 14.2. The lowest BCUT2D eigenvalue weighted by Gasteiger charge is -2.08. The molecule has 2 aromatic heterocycles. The zero-order valence-electron chi connectivity index (χ0n) is 11.0. The first-order valence-electron chi connectivity index (χ1n) is 5.78. The summed E-state index contributed by atoms with van der Waals surface area (Å²) in [4.78, 5) is 39.1. The summed E-state index contributed by atoms with van der Waals surface area (Å²) in [5.41, 5.74) is -0.122. The second-order valence-corrected chi connectivity index (χ2v) is 4.31. The van der Waals surface area contributed by atoms with Crippen LogP contribution in [0.15, 0.2) is 15.9 Å². The van der Waals surface area contributed by atoms with Gasteiger partial charge in [0.1, 0.15) is 0 Å². The van der Waals surface area contributed by atoms with Crippen molar-refractivity contribution in [2.75, 3.05) is 6.54 Å². The molecule has 0 atom stereocenters. The summed E-state index contributed by atoms with van der Waals surface area (Å²) in [6, 6.07) is 0. The third-order valence-electron chi connectivity index (χ3n) is 2.91. The van der Waals surface area contributed by atoms with Crippen LogP contribution in [0.2, 0.25) is 0 Å². The fraction of sp³-hybridized carbons (Fsp3) is 0.455. The van der Waals surface area contributed by atoms with Crippen molar-refractivity contribution in [2.24, 2.45) is 14.1 Å². The minimum absolute atomic E-state index is 0.131. The van der Waals surface area contributed by atoms with Crippen LogP contribution in [0.1, 0.15) is 6.92 Å². The zero-order valence-corrected chi connectivity index (χ0v) is 11.0. The van der Waals surface area contributed by atoms with E-state index in [4.69, 9.17) is 0 Å². The molecule has 0 aliphatic rings. The number of imidazole rings is 1. The molecule has 19 heavy (non-hydrogen) atoms. The van der Waals surface area contributed by atoms with E-state index in [0.717, 1.165) is 4.57 Å². The lowest BCUT2D eigenvalue weighted by molar-refractivity contribution is -0.118. The molecule has 0 radical (unpaired) electrons. The van der Waals surface area contributed by atoms with Crippen molar-refractivity contribution in [3.63, 3.8) is 0 Å². The Hall–Kier alpha value is -2.38. The number of carbonyl (C=O) groups is 1. The predicted molar refractivity (Wildman–Crippen MR) is 68.9 cm³/mol. The summed E-state index contributed by atoms with van der Waals surface area (Å²) < 4.78 is 4.00. The largest absolute Gasteiger partial charge is 0.355 e. The molecule has 0 aliphatic carbocycles. The first-order chi connectivity index (χ1) is 8.93. The number of hydrogen-bond acceptors (Lipinski definition) is 4. The predicted octanol–water partition coefficient (Wildman–Crippen LogP) is -1.43. The van der Waals surface area contributed by atoms with Crippen LogP contribution in [-0.2, 0) is 25.4 Å². The quantitative estimate of drug-likeness (QED) is 0.736. The monoisotopic (exact) mass is 265 g/mol. The van der Waals surface area contributed by atoms with Gasteiger partial charge in [0.2, 0.25) is 5.91 Å². The number of nitrogens with zero attached hydrogens (tertiary/aromatic N) is 4. The van der Waals surface area contributed by atoms with Crippen molar-refractivity contribution in [3.8, 4) is 0 Å². The van der Waals surface area contributed by atoms with E-state index in [0.29, 0.717) is 11.2 Å². The van der Waals surface area contributed by atoms with Crippen molar-refractivity contribution in [1.82, 2.24) is 24.0 Å². The lowest BCUT2D eigenvalue weighted by Crippen LogP contribution is -2.42. The Morgan fingerprint density at radius 3 is 2.68 bits per heavy atom. The fourth-order valence-electron chi connectivity index (χ4n) is 1.94. The van der Waals surface area contributed by atoms with Crippen LogP contribution in [0, 0.1) is 0 Å². The van der Waals surface area contributed by atoms with E-state index in [1.807, 2.05) is 0 Å². The fourth-order valence-corrected chi connectivity index (χ4v) is 1.94. The summed E-state index contributed by atoms with van der Waals surface area (Å²) in [5.74, 6) is -0.202. The van der Waals surface area contributed by atoms with Gasteiger partial charge >= 0.3 is 5.69 Å². The molecule has 0 saturated heterocycles. The maximum atomic E-state index is 12.2. The Balaban J connectivity index is 2.55. The van der Waals surface area contributed by atoms with E-state index in [2.05, 4.69) is 10.3 Å². The molecule has 0 bridgehead atoms. The molecular formula is C11H15N5O3. The smallest absolute Gasteiger partial charge is 0.332 e. The summed E-state index contributed by atoms with van der Waals surface area (Å²) in [7, 11) is 3.26. The van der Waals surface area contributed by atoms with Gasteiger partial charge in [-0.15, -0.1) is 0 Å². The van der Waals surface area contributed by atoms with Crippen molar-refractivity contribution in [1.29, 1.82) is 0 Å². The highest BCUT2D eigenvalue weighted by molar-refractivity contribution is 5.72. The second-order valence-electron chi connectivity index (χ2n) is 4.31. The van der Waals surface area contributed by atoms with Gasteiger partial charge in [-0.05, 0) is 0 Å². The molecule has 2 aromatic rings. The highest BCUT2D eigenvalue weighted by atomic mass is 16.2. The Labute approximate surface area is 108 Å². The Bertz CT molecular complexity index is 752. The summed E-state index contributed by atoms with van der Waals surface area (Å²) in [6.45, 7) is 1.74. The van der Waals surface area contributed by atoms with Gasteiger partial charge in [-0.25, -0.2) is 9.78 Å². The number of aromatic nitrogens is 4. The van der Waals surface area contributed by atoms with E-state index in [1.54, 1.807) is 18.7 Å². The third-order valence-corrected chi connectivity index (χ3v) is 2.91. The number of hydrogen-bond donors (Lipinski definition) is 1. The molecule has 0 aromatic carbocycles. The molecule has 0 unspecified atom stereocenters. The summed E-state index contributed by atoms with van der Waals surface area (Å²) >= 11 is 0. The standard InChI is InChI=1S/C11H15N5O3/c1-7(17)12-4-5-16-10(18)8-9(13-6-14(8)2)15(3)11(16)19/h6H,4-5H2,1-3H3,(H,12,17). The maximum Gasteiger partial charge on any atom is 0.332 e. The van der Waals surface area contributed by atoms with Gasteiger partial charge in [-0.2, -0.15) is 0 Å². The highest BCUT2D eigenvalue weighted by Crippen LogP contribution is 2.02. The molecule has 1 amide bonds. The lowest BCUT2D eigenvalue weighted by atomic mass is 10.4. The summed E-state index contributed by atoms with van der Waals surface area (Å²) in [5, 5.41) is 2.56. The van der Waals surface area contributed by atoms with Gasteiger partial charge in [0.25, 0.3) is 5.56 Å². The molecule has 2 heterocycles.